The maximum atomic E-state index is 12.1. The van der Waals surface area contributed by atoms with Gasteiger partial charge in [-0.2, -0.15) is 11.8 Å². The summed E-state index contributed by atoms with van der Waals surface area (Å²) in [4.78, 5) is 36.7. The quantitative estimate of drug-likeness (QED) is 0.768. The van der Waals surface area contributed by atoms with Crippen LogP contribution in [0.15, 0.2) is 0 Å². The third-order valence-corrected chi connectivity index (χ3v) is 3.72. The molecule has 120 valence electrons. The van der Waals surface area contributed by atoms with Crippen LogP contribution in [0.3, 0.4) is 0 Å². The molecule has 0 bridgehead atoms. The number of hydrogen-bond acceptors (Lipinski definition) is 6. The summed E-state index contributed by atoms with van der Waals surface area (Å²) in [6.45, 7) is 5.55. The van der Waals surface area contributed by atoms with Crippen molar-refractivity contribution in [2.24, 2.45) is 0 Å². The monoisotopic (exact) mass is 318 g/mol. The zero-order valence-electron chi connectivity index (χ0n) is 12.8. The van der Waals surface area contributed by atoms with Crippen LogP contribution in [0, 0.1) is 0 Å². The van der Waals surface area contributed by atoms with Crippen molar-refractivity contribution in [3.63, 3.8) is 0 Å². The third kappa shape index (κ3) is 5.82. The fourth-order valence-corrected chi connectivity index (χ4v) is 2.76. The highest BCUT2D eigenvalue weighted by Gasteiger charge is 2.35. The van der Waals surface area contributed by atoms with Crippen molar-refractivity contribution in [3.05, 3.63) is 0 Å². The van der Waals surface area contributed by atoms with Gasteiger partial charge < -0.3 is 14.8 Å². The number of nitrogens with one attached hydrogen (secondary N) is 1. The second kappa shape index (κ2) is 7.53. The van der Waals surface area contributed by atoms with Gasteiger partial charge in [0.05, 0.1) is 7.11 Å². The molecular weight excluding hydrogens is 296 g/mol. The van der Waals surface area contributed by atoms with Crippen LogP contribution in [0.1, 0.15) is 20.8 Å². The highest BCUT2D eigenvalue weighted by molar-refractivity contribution is 7.99. The Bertz CT molecular complexity index is 408. The molecule has 0 aromatic rings. The van der Waals surface area contributed by atoms with Crippen molar-refractivity contribution in [1.82, 2.24) is 10.2 Å². The number of rotatable bonds is 3. The van der Waals surface area contributed by atoms with E-state index in [4.69, 9.17) is 4.74 Å². The first-order valence-electron chi connectivity index (χ1n) is 6.66. The molecule has 0 radical (unpaired) electrons. The van der Waals surface area contributed by atoms with Crippen LogP contribution in [0.4, 0.5) is 4.79 Å². The van der Waals surface area contributed by atoms with Crippen LogP contribution in [0.5, 0.6) is 0 Å². The molecule has 0 aromatic heterocycles. The highest BCUT2D eigenvalue weighted by Crippen LogP contribution is 2.20. The van der Waals surface area contributed by atoms with Gasteiger partial charge in [0.2, 0.25) is 5.91 Å². The molecule has 7 nitrogen and oxygen atoms in total. The van der Waals surface area contributed by atoms with E-state index >= 15 is 0 Å². The summed E-state index contributed by atoms with van der Waals surface area (Å²) < 4.78 is 9.77. The Labute approximate surface area is 128 Å². The molecule has 1 aliphatic heterocycles. The van der Waals surface area contributed by atoms with Crippen LogP contribution in [0.2, 0.25) is 0 Å². The van der Waals surface area contributed by atoms with E-state index in [9.17, 15) is 14.4 Å². The molecule has 0 aromatic carbocycles. The van der Waals surface area contributed by atoms with Crippen LogP contribution in [0.25, 0.3) is 0 Å². The van der Waals surface area contributed by atoms with Gasteiger partial charge >= 0.3 is 12.1 Å². The average molecular weight is 318 g/mol. The molecule has 2 amide bonds. The van der Waals surface area contributed by atoms with E-state index in [2.05, 4.69) is 10.1 Å². The summed E-state index contributed by atoms with van der Waals surface area (Å²) in [7, 11) is 1.25. The van der Waals surface area contributed by atoms with Crippen LogP contribution in [-0.4, -0.2) is 66.2 Å². The second-order valence-electron chi connectivity index (χ2n) is 5.56. The molecule has 1 saturated heterocycles. The Hall–Kier alpha value is -1.44. The normalized spacial score (nSPS) is 18.9. The minimum atomic E-state index is -0.636. The van der Waals surface area contributed by atoms with E-state index in [0.717, 1.165) is 5.75 Å². The van der Waals surface area contributed by atoms with Gasteiger partial charge in [-0.1, -0.05) is 0 Å². The van der Waals surface area contributed by atoms with Gasteiger partial charge in [0.1, 0.15) is 18.2 Å². The van der Waals surface area contributed by atoms with Crippen LogP contribution < -0.4 is 5.32 Å². The molecule has 0 spiro atoms. The molecule has 0 saturated carbocycles. The average Bonchev–Trinajstić information content (AvgIpc) is 2.42. The minimum Gasteiger partial charge on any atom is -0.468 e. The molecule has 1 N–H and O–H groups in total. The molecule has 1 atom stereocenters. The molecule has 1 heterocycles. The Morgan fingerprint density at radius 3 is 2.57 bits per heavy atom. The minimum absolute atomic E-state index is 0.210. The number of hydrogen-bond donors (Lipinski definition) is 1. The van der Waals surface area contributed by atoms with Crippen LogP contribution in [-0.2, 0) is 19.1 Å². The Kier molecular flexibility index (Phi) is 6.32. The molecule has 1 fully saturated rings. The summed E-state index contributed by atoms with van der Waals surface area (Å²) in [6, 6.07) is -0.636. The highest BCUT2D eigenvalue weighted by atomic mass is 32.2. The number of thioether (sulfide) groups is 1. The summed E-state index contributed by atoms with van der Waals surface area (Å²) in [5.41, 5.74) is -0.616. The Morgan fingerprint density at radius 1 is 1.33 bits per heavy atom. The van der Waals surface area contributed by atoms with Crippen molar-refractivity contribution in [2.75, 3.05) is 31.7 Å². The number of methoxy groups -OCH3 is 1. The first-order chi connectivity index (χ1) is 9.74. The van der Waals surface area contributed by atoms with Gasteiger partial charge in [-0.25, -0.2) is 4.79 Å². The fourth-order valence-electron chi connectivity index (χ4n) is 1.71. The number of amides is 2. The maximum absolute atomic E-state index is 12.1. The van der Waals surface area contributed by atoms with E-state index in [-0.39, 0.29) is 12.5 Å². The standard InChI is InChI=1S/C13H22N2O5S/c1-13(2,3)20-12(18)15-5-6-21-8-9(15)11(17)14-7-10(16)19-4/h9H,5-8H2,1-4H3,(H,14,17). The van der Waals surface area contributed by atoms with Crippen molar-refractivity contribution >= 4 is 29.7 Å². The van der Waals surface area contributed by atoms with Gasteiger partial charge in [-0.15, -0.1) is 0 Å². The lowest BCUT2D eigenvalue weighted by molar-refractivity contribution is -0.141. The predicted molar refractivity (Wildman–Crippen MR) is 79.1 cm³/mol. The van der Waals surface area contributed by atoms with Gasteiger partial charge in [0.15, 0.2) is 0 Å². The molecule has 0 aliphatic carbocycles. The summed E-state index contributed by atoms with van der Waals surface area (Å²) in [5, 5.41) is 2.47. The first kappa shape index (κ1) is 17.6. The number of esters is 1. The number of carbonyl (C=O) groups excluding carboxylic acids is 3. The Morgan fingerprint density at radius 2 is 2.00 bits per heavy atom. The topological polar surface area (TPSA) is 84.9 Å². The lowest BCUT2D eigenvalue weighted by atomic mass is 10.2. The van der Waals surface area contributed by atoms with Gasteiger partial charge in [-0.05, 0) is 20.8 Å². The van der Waals surface area contributed by atoms with E-state index < -0.39 is 23.7 Å². The Balaban J connectivity index is 2.66. The van der Waals surface area contributed by atoms with E-state index in [0.29, 0.717) is 12.3 Å². The van der Waals surface area contributed by atoms with Crippen molar-refractivity contribution < 1.29 is 23.9 Å². The smallest absolute Gasteiger partial charge is 0.411 e. The molecular formula is C13H22N2O5S. The number of nitrogens with zero attached hydrogens (tertiary/aromatic N) is 1. The second-order valence-corrected chi connectivity index (χ2v) is 6.71. The largest absolute Gasteiger partial charge is 0.468 e. The molecule has 1 aliphatic rings. The van der Waals surface area contributed by atoms with Crippen molar-refractivity contribution in [2.45, 2.75) is 32.4 Å². The van der Waals surface area contributed by atoms with E-state index in [1.807, 2.05) is 0 Å². The predicted octanol–water partition coefficient (Wildman–Crippen LogP) is 0.628. The molecule has 1 unspecified atom stereocenters. The van der Waals surface area contributed by atoms with Gasteiger partial charge in [0, 0.05) is 18.1 Å². The third-order valence-electron chi connectivity index (χ3n) is 2.69. The zero-order chi connectivity index (χ0) is 16.0. The first-order valence-corrected chi connectivity index (χ1v) is 7.82. The number of ether oxygens (including phenoxy) is 2. The number of carbonyl (C=O) groups is 3. The summed E-state index contributed by atoms with van der Waals surface area (Å²) in [5.74, 6) is 0.320. The molecule has 8 heteroatoms. The SMILES string of the molecule is COC(=O)CNC(=O)C1CSCCN1C(=O)OC(C)(C)C. The maximum Gasteiger partial charge on any atom is 0.411 e. The lowest BCUT2D eigenvalue weighted by Crippen LogP contribution is -2.55. The van der Waals surface area contributed by atoms with Gasteiger partial charge in [0.25, 0.3) is 0 Å². The lowest BCUT2D eigenvalue weighted by Gasteiger charge is -2.35. The fraction of sp³-hybridized carbons (Fsp3) is 0.769. The van der Waals surface area contributed by atoms with Crippen molar-refractivity contribution in [3.8, 4) is 0 Å². The molecule has 21 heavy (non-hydrogen) atoms. The van der Waals surface area contributed by atoms with Crippen LogP contribution >= 0.6 is 11.8 Å². The van der Waals surface area contributed by atoms with Gasteiger partial charge in [-0.3, -0.25) is 14.5 Å². The van der Waals surface area contributed by atoms with E-state index in [1.165, 1.54) is 12.0 Å². The zero-order valence-corrected chi connectivity index (χ0v) is 13.6. The molecule has 1 rings (SSSR count). The van der Waals surface area contributed by atoms with Crippen molar-refractivity contribution in [1.29, 1.82) is 0 Å². The summed E-state index contributed by atoms with van der Waals surface area (Å²) in [6.07, 6.45) is -0.513. The van der Waals surface area contributed by atoms with E-state index in [1.54, 1.807) is 32.5 Å². The summed E-state index contributed by atoms with van der Waals surface area (Å²) >= 11 is 1.58.